The minimum atomic E-state index is 0. The third-order valence-corrected chi connectivity index (χ3v) is 5.34. The molecule has 1 saturated heterocycles. The Morgan fingerprint density at radius 2 is 1.88 bits per heavy atom. The summed E-state index contributed by atoms with van der Waals surface area (Å²) in [6.07, 6.45) is 4.36. The summed E-state index contributed by atoms with van der Waals surface area (Å²) in [6.45, 7) is 4.65. The van der Waals surface area contributed by atoms with Crippen molar-refractivity contribution in [3.8, 4) is 11.5 Å². The minimum absolute atomic E-state index is 0. The van der Waals surface area contributed by atoms with E-state index in [0.717, 1.165) is 48.4 Å². The molecule has 2 aromatic carbocycles. The van der Waals surface area contributed by atoms with Crippen LogP contribution in [-0.2, 0) is 17.9 Å². The van der Waals surface area contributed by atoms with Crippen LogP contribution < -0.4 is 15.5 Å². The van der Waals surface area contributed by atoms with Crippen LogP contribution in [0, 0.1) is 0 Å². The SMILES string of the molecule is CCNC(=NCc1ccc(N2CCCCC2=O)cc1)NCc1coc(-c2ccccc2)n1.I. The monoisotopic (exact) mass is 559 g/mol. The lowest BCUT2D eigenvalue weighted by atomic mass is 10.1. The maximum absolute atomic E-state index is 12.1. The summed E-state index contributed by atoms with van der Waals surface area (Å²) in [5.74, 6) is 1.53. The van der Waals surface area contributed by atoms with Gasteiger partial charge in [-0.1, -0.05) is 30.3 Å². The van der Waals surface area contributed by atoms with Crippen LogP contribution in [0.2, 0.25) is 0 Å². The van der Waals surface area contributed by atoms with Crippen molar-refractivity contribution in [2.45, 2.75) is 39.3 Å². The zero-order chi connectivity index (χ0) is 22.2. The number of guanidine groups is 1. The molecular formula is C25H30IN5O2. The Bertz CT molecular complexity index is 1050. The fraction of sp³-hybridized carbons (Fsp3) is 0.320. The first-order valence-corrected chi connectivity index (χ1v) is 11.1. The molecule has 1 aliphatic rings. The number of anilines is 1. The molecule has 8 heteroatoms. The highest BCUT2D eigenvalue weighted by Gasteiger charge is 2.19. The number of benzene rings is 2. The van der Waals surface area contributed by atoms with E-state index in [9.17, 15) is 4.79 Å². The summed E-state index contributed by atoms with van der Waals surface area (Å²) < 4.78 is 5.60. The normalized spacial score (nSPS) is 14.0. The van der Waals surface area contributed by atoms with Crippen molar-refractivity contribution in [3.05, 3.63) is 72.1 Å². The van der Waals surface area contributed by atoms with E-state index in [1.165, 1.54) is 0 Å². The number of piperidine rings is 1. The summed E-state index contributed by atoms with van der Waals surface area (Å²) >= 11 is 0. The fourth-order valence-corrected chi connectivity index (χ4v) is 3.65. The molecule has 0 bridgehead atoms. The molecule has 1 aliphatic heterocycles. The number of aliphatic imine (C=N–C) groups is 1. The van der Waals surface area contributed by atoms with Crippen LogP contribution in [0.1, 0.15) is 37.4 Å². The Balaban J connectivity index is 0.00000306. The lowest BCUT2D eigenvalue weighted by molar-refractivity contribution is -0.119. The van der Waals surface area contributed by atoms with E-state index in [1.807, 2.05) is 66.4 Å². The lowest BCUT2D eigenvalue weighted by Crippen LogP contribution is -2.36. The zero-order valence-electron chi connectivity index (χ0n) is 18.8. The van der Waals surface area contributed by atoms with Gasteiger partial charge in [0, 0.05) is 30.8 Å². The number of hydrogen-bond acceptors (Lipinski definition) is 4. The van der Waals surface area contributed by atoms with Gasteiger partial charge in [-0.15, -0.1) is 24.0 Å². The Kier molecular flexibility index (Phi) is 9.29. The van der Waals surface area contributed by atoms with Gasteiger partial charge in [-0.25, -0.2) is 9.98 Å². The van der Waals surface area contributed by atoms with E-state index >= 15 is 0 Å². The fourth-order valence-electron chi connectivity index (χ4n) is 3.65. The van der Waals surface area contributed by atoms with Gasteiger partial charge in [0.2, 0.25) is 11.8 Å². The van der Waals surface area contributed by atoms with Crippen LogP contribution in [0.3, 0.4) is 0 Å². The van der Waals surface area contributed by atoms with Gasteiger partial charge < -0.3 is 20.0 Å². The summed E-state index contributed by atoms with van der Waals surface area (Å²) in [5.41, 5.74) is 3.81. The van der Waals surface area contributed by atoms with Crippen molar-refractivity contribution < 1.29 is 9.21 Å². The molecule has 3 aromatic rings. The van der Waals surface area contributed by atoms with Crippen molar-refractivity contribution in [3.63, 3.8) is 0 Å². The molecule has 33 heavy (non-hydrogen) atoms. The second kappa shape index (κ2) is 12.4. The Hall–Kier alpha value is -2.88. The second-order valence-corrected chi connectivity index (χ2v) is 7.73. The molecule has 7 nitrogen and oxygen atoms in total. The van der Waals surface area contributed by atoms with E-state index < -0.39 is 0 Å². The van der Waals surface area contributed by atoms with Gasteiger partial charge in [-0.2, -0.15) is 0 Å². The number of rotatable bonds is 7. The Labute approximate surface area is 211 Å². The molecule has 1 amide bonds. The lowest BCUT2D eigenvalue weighted by Gasteiger charge is -2.26. The third kappa shape index (κ3) is 6.80. The van der Waals surface area contributed by atoms with Crippen LogP contribution in [0.5, 0.6) is 0 Å². The maximum atomic E-state index is 12.1. The van der Waals surface area contributed by atoms with E-state index in [2.05, 4.69) is 20.6 Å². The van der Waals surface area contributed by atoms with Crippen molar-refractivity contribution in [1.29, 1.82) is 0 Å². The Morgan fingerprint density at radius 3 is 2.61 bits per heavy atom. The van der Waals surface area contributed by atoms with Crippen LogP contribution >= 0.6 is 24.0 Å². The van der Waals surface area contributed by atoms with Gasteiger partial charge in [0.25, 0.3) is 0 Å². The summed E-state index contributed by atoms with van der Waals surface area (Å²) in [4.78, 5) is 23.2. The number of aromatic nitrogens is 1. The first kappa shape index (κ1) is 24.8. The molecular weight excluding hydrogens is 529 g/mol. The molecule has 0 aliphatic carbocycles. The molecule has 1 fully saturated rings. The molecule has 0 radical (unpaired) electrons. The standard InChI is InChI=1S/C25H29N5O2.HI/c1-2-26-25(28-17-21-18-32-24(29-21)20-8-4-3-5-9-20)27-16-19-11-13-22(14-12-19)30-15-7-6-10-23(30)31;/h3-5,8-9,11-14,18H,2,6-7,10,15-17H2,1H3,(H2,26,27,28);1H. The van der Waals surface area contributed by atoms with Gasteiger partial charge >= 0.3 is 0 Å². The molecule has 1 aromatic heterocycles. The Morgan fingerprint density at radius 1 is 1.09 bits per heavy atom. The van der Waals surface area contributed by atoms with Gasteiger partial charge in [-0.05, 0) is 49.6 Å². The van der Waals surface area contributed by atoms with Gasteiger partial charge in [0.05, 0.1) is 18.8 Å². The highest BCUT2D eigenvalue weighted by Crippen LogP contribution is 2.21. The van der Waals surface area contributed by atoms with Gasteiger partial charge in [-0.3, -0.25) is 4.79 Å². The smallest absolute Gasteiger partial charge is 0.226 e. The average molecular weight is 559 g/mol. The minimum Gasteiger partial charge on any atom is -0.444 e. The van der Waals surface area contributed by atoms with Gasteiger partial charge in [0.15, 0.2) is 5.96 Å². The number of halogens is 1. The van der Waals surface area contributed by atoms with Gasteiger partial charge in [0.1, 0.15) is 6.26 Å². The molecule has 0 unspecified atom stereocenters. The van der Waals surface area contributed by atoms with Crippen LogP contribution in [0.25, 0.3) is 11.5 Å². The number of amides is 1. The highest BCUT2D eigenvalue weighted by molar-refractivity contribution is 14.0. The van der Waals surface area contributed by atoms with E-state index in [-0.39, 0.29) is 29.9 Å². The maximum Gasteiger partial charge on any atom is 0.226 e. The summed E-state index contributed by atoms with van der Waals surface area (Å²) in [7, 11) is 0. The highest BCUT2D eigenvalue weighted by atomic mass is 127. The molecule has 0 spiro atoms. The van der Waals surface area contributed by atoms with Crippen molar-refractivity contribution in [1.82, 2.24) is 15.6 Å². The number of oxazole rings is 1. The molecule has 0 atom stereocenters. The van der Waals surface area contributed by atoms with Crippen LogP contribution in [-0.4, -0.2) is 29.9 Å². The van der Waals surface area contributed by atoms with E-state index in [0.29, 0.717) is 31.4 Å². The number of hydrogen-bond donors (Lipinski definition) is 2. The summed E-state index contributed by atoms with van der Waals surface area (Å²) in [6, 6.07) is 17.9. The molecule has 2 heterocycles. The van der Waals surface area contributed by atoms with E-state index in [4.69, 9.17) is 4.42 Å². The average Bonchev–Trinajstić information content (AvgIpc) is 3.31. The first-order valence-electron chi connectivity index (χ1n) is 11.1. The third-order valence-electron chi connectivity index (χ3n) is 5.34. The number of nitrogens with zero attached hydrogens (tertiary/aromatic N) is 3. The molecule has 0 saturated carbocycles. The number of nitrogens with one attached hydrogen (secondary N) is 2. The van der Waals surface area contributed by atoms with Crippen molar-refractivity contribution in [2.75, 3.05) is 18.0 Å². The van der Waals surface area contributed by atoms with Crippen molar-refractivity contribution >= 4 is 41.5 Å². The van der Waals surface area contributed by atoms with E-state index in [1.54, 1.807) is 6.26 Å². The molecule has 2 N–H and O–H groups in total. The van der Waals surface area contributed by atoms with Crippen LogP contribution in [0.4, 0.5) is 5.69 Å². The zero-order valence-corrected chi connectivity index (χ0v) is 21.1. The molecule has 174 valence electrons. The quantitative estimate of drug-likeness (QED) is 0.249. The van der Waals surface area contributed by atoms with Crippen LogP contribution in [0.15, 0.2) is 70.3 Å². The number of carbonyl (C=O) groups excluding carboxylic acids is 1. The molecule has 4 rings (SSSR count). The second-order valence-electron chi connectivity index (χ2n) is 7.73. The predicted octanol–water partition coefficient (Wildman–Crippen LogP) is 4.73. The van der Waals surface area contributed by atoms with Crippen molar-refractivity contribution in [2.24, 2.45) is 4.99 Å². The number of carbonyl (C=O) groups is 1. The summed E-state index contributed by atoms with van der Waals surface area (Å²) in [5, 5.41) is 6.56. The predicted molar refractivity (Wildman–Crippen MR) is 142 cm³/mol. The topological polar surface area (TPSA) is 82.8 Å². The first-order chi connectivity index (χ1) is 15.7. The largest absolute Gasteiger partial charge is 0.444 e.